The Morgan fingerprint density at radius 2 is 0.900 bits per heavy atom. The Hall–Kier alpha value is -1.37. The molecule has 0 atom stereocenters. The van der Waals surface area contributed by atoms with Crippen LogP contribution in [0.25, 0.3) is 0 Å². The summed E-state index contributed by atoms with van der Waals surface area (Å²) in [4.78, 5) is 40.8. The van der Waals surface area contributed by atoms with Crippen LogP contribution in [0.3, 0.4) is 0 Å². The van der Waals surface area contributed by atoms with Gasteiger partial charge in [0.05, 0.1) is 0 Å². The number of hydrogen-bond acceptors (Lipinski definition) is 9. The van der Waals surface area contributed by atoms with Gasteiger partial charge in [-0.2, -0.15) is 0 Å². The molecule has 0 aromatic heterocycles. The van der Waals surface area contributed by atoms with Gasteiger partial charge in [-0.1, -0.05) is 0 Å². The van der Waals surface area contributed by atoms with Crippen LogP contribution in [0, 0.1) is 0 Å². The third-order valence-electron chi connectivity index (χ3n) is 1.63. The molecule has 0 aromatic carbocycles. The first kappa shape index (κ1) is 39.1. The quantitative estimate of drug-likeness (QED) is 0.258. The summed E-state index contributed by atoms with van der Waals surface area (Å²) in [6, 6.07) is 0. The summed E-state index contributed by atoms with van der Waals surface area (Å²) in [5.41, 5.74) is 0. The van der Waals surface area contributed by atoms with E-state index in [9.17, 15) is 19.2 Å². The van der Waals surface area contributed by atoms with Gasteiger partial charge in [0, 0.05) is 25.4 Å². The Labute approximate surface area is 189 Å². The average molecular weight is 476 g/mol. The molecule has 0 aromatic rings. The van der Waals surface area contributed by atoms with Crippen LogP contribution in [0.1, 0.15) is 54.4 Å². The Bertz CT molecular complexity index is 383. The Balaban J connectivity index is -0.0000000972. The van der Waals surface area contributed by atoms with Crippen molar-refractivity contribution >= 4 is 23.5 Å². The number of carboxylic acids is 2. The number of Topliss-reactive ketones (excluding diaryl/α,β-unsaturated/α-hetero) is 2. The van der Waals surface area contributed by atoms with Gasteiger partial charge in [0.2, 0.25) is 0 Å². The third kappa shape index (κ3) is 81.7. The van der Waals surface area contributed by atoms with Crippen LogP contribution >= 0.6 is 0 Å². The molecule has 0 spiro atoms. The molecule has 0 aliphatic rings. The number of rotatable bonds is 10. The van der Waals surface area contributed by atoms with Crippen molar-refractivity contribution in [3.63, 3.8) is 0 Å². The van der Waals surface area contributed by atoms with Crippen molar-refractivity contribution in [2.45, 2.75) is 66.6 Å². The van der Waals surface area contributed by atoms with Crippen LogP contribution in [0.15, 0.2) is 0 Å². The topological polar surface area (TPSA) is 185 Å². The maximum atomic E-state index is 10.5. The molecule has 30 heavy (non-hydrogen) atoms. The van der Waals surface area contributed by atoms with Gasteiger partial charge in [-0.05, 0) is 41.5 Å². The second-order valence-corrected chi connectivity index (χ2v) is 5.68. The Morgan fingerprint density at radius 1 is 0.700 bits per heavy atom. The van der Waals surface area contributed by atoms with Crippen molar-refractivity contribution in [3.8, 4) is 0 Å². The fraction of sp³-hybridized carbons (Fsp3) is 0.778. The van der Waals surface area contributed by atoms with Crippen LogP contribution in [0.5, 0.6) is 0 Å². The molecule has 0 radical (unpaired) electrons. The first-order chi connectivity index (χ1) is 13.8. The van der Waals surface area contributed by atoms with Crippen LogP contribution < -0.4 is 0 Å². The molecule has 0 rings (SSSR count). The van der Waals surface area contributed by atoms with E-state index < -0.39 is 36.3 Å². The van der Waals surface area contributed by atoms with Crippen LogP contribution in [-0.4, -0.2) is 82.6 Å². The molecule has 0 fully saturated rings. The number of carbonyl (C=O) groups is 4. The van der Waals surface area contributed by atoms with Gasteiger partial charge in [0.15, 0.2) is 11.6 Å². The summed E-state index contributed by atoms with van der Waals surface area (Å²) in [6.07, 6.45) is -1.22. The standard InChI is InChI=1S/2C6H10O4.2C3H8O.O.Ti/c2*1-2-10-4-5(7)3-6(8)9;2*1-3(2)4;;/h2*2-4H2,1H3,(H,8,9);2*3-4H,1-2H3;;. The van der Waals surface area contributed by atoms with E-state index in [1.807, 2.05) is 0 Å². The number of ether oxygens (including phenoxy) is 2. The van der Waals surface area contributed by atoms with Gasteiger partial charge in [-0.25, -0.2) is 0 Å². The van der Waals surface area contributed by atoms with Gasteiger partial charge in [-0.15, -0.1) is 0 Å². The minimum atomic E-state index is -1.11. The molecule has 0 saturated carbocycles. The van der Waals surface area contributed by atoms with Crippen molar-refractivity contribution in [2.75, 3.05) is 26.4 Å². The number of aliphatic carboxylic acids is 2. The van der Waals surface area contributed by atoms with E-state index in [1.165, 1.54) is 0 Å². The first-order valence-electron chi connectivity index (χ1n) is 8.98. The van der Waals surface area contributed by atoms with Crippen molar-refractivity contribution < 1.29 is 72.8 Å². The third-order valence-corrected chi connectivity index (χ3v) is 1.63. The average Bonchev–Trinajstić information content (AvgIpc) is 2.58. The summed E-state index contributed by atoms with van der Waals surface area (Å²) in [7, 11) is 0. The second kappa shape index (κ2) is 32.3. The number of carbonyl (C=O) groups excluding carboxylic acids is 2. The molecule has 0 amide bonds. The molecule has 0 aliphatic carbocycles. The van der Waals surface area contributed by atoms with E-state index >= 15 is 0 Å². The monoisotopic (exact) mass is 476 g/mol. The van der Waals surface area contributed by atoms with Crippen molar-refractivity contribution in [2.24, 2.45) is 0 Å². The number of carboxylic acid groups (broad SMARTS) is 2. The molecular formula is C18H36O11Ti. The fourth-order valence-electron chi connectivity index (χ4n) is 0.871. The molecule has 4 N–H and O–H groups in total. The fourth-order valence-corrected chi connectivity index (χ4v) is 0.871. The molecule has 0 aliphatic heterocycles. The van der Waals surface area contributed by atoms with Crippen molar-refractivity contribution in [3.05, 3.63) is 0 Å². The molecule has 0 bridgehead atoms. The van der Waals surface area contributed by atoms with Crippen LogP contribution in [0.4, 0.5) is 0 Å². The summed E-state index contributed by atoms with van der Waals surface area (Å²) in [6.45, 7) is 11.1. The Kier molecular flexibility index (Phi) is 42.2. The zero-order valence-corrected chi connectivity index (χ0v) is 20.1. The first-order valence-corrected chi connectivity index (χ1v) is 9.62. The maximum absolute atomic E-state index is 10.5. The second-order valence-electron chi connectivity index (χ2n) is 5.68. The van der Waals surface area contributed by atoms with E-state index in [4.69, 9.17) is 23.8 Å². The minimum absolute atomic E-state index is 0.0944. The van der Waals surface area contributed by atoms with Gasteiger partial charge < -0.3 is 29.9 Å². The Morgan fingerprint density at radius 3 is 1.03 bits per heavy atom. The number of aliphatic hydroxyl groups is 2. The molecule has 12 heteroatoms. The molecule has 178 valence electrons. The molecule has 0 saturated heterocycles. The molecule has 0 heterocycles. The predicted molar refractivity (Wildman–Crippen MR) is 103 cm³/mol. The van der Waals surface area contributed by atoms with E-state index in [-0.39, 0.29) is 25.4 Å². The van der Waals surface area contributed by atoms with Crippen molar-refractivity contribution in [1.82, 2.24) is 0 Å². The number of aliphatic hydroxyl groups excluding tert-OH is 2. The van der Waals surface area contributed by atoms with Gasteiger partial charge in [-0.3, -0.25) is 19.2 Å². The summed E-state index contributed by atoms with van der Waals surface area (Å²) in [5, 5.41) is 32.3. The van der Waals surface area contributed by atoms with Gasteiger partial charge in [0.25, 0.3) is 0 Å². The van der Waals surface area contributed by atoms with E-state index in [1.54, 1.807) is 41.5 Å². The molecule has 0 unspecified atom stereocenters. The summed E-state index contributed by atoms with van der Waals surface area (Å²) < 4.78 is 17.6. The van der Waals surface area contributed by atoms with Crippen LogP contribution in [-0.2, 0) is 52.4 Å². The number of hydrogen-bond donors (Lipinski definition) is 4. The molecular weight excluding hydrogens is 440 g/mol. The number of ketones is 2. The van der Waals surface area contributed by atoms with Crippen LogP contribution in [0.2, 0.25) is 0 Å². The SMILES string of the molecule is CC(C)O.CC(C)O.CCOCC(=O)CC(=O)O.CCOCC(=O)CC(=O)O.[O]=[Ti]. The zero-order chi connectivity index (χ0) is 25.1. The molecule has 11 nitrogen and oxygen atoms in total. The summed E-state index contributed by atoms with van der Waals surface area (Å²) >= 11 is 0.750. The van der Waals surface area contributed by atoms with E-state index in [0.717, 1.165) is 20.4 Å². The van der Waals surface area contributed by atoms with E-state index in [0.29, 0.717) is 13.2 Å². The van der Waals surface area contributed by atoms with Crippen molar-refractivity contribution in [1.29, 1.82) is 0 Å². The zero-order valence-electron chi connectivity index (χ0n) is 18.5. The van der Waals surface area contributed by atoms with Gasteiger partial charge in [0.1, 0.15) is 26.1 Å². The predicted octanol–water partition coefficient (Wildman–Crippen LogP) is 0.786. The van der Waals surface area contributed by atoms with Gasteiger partial charge >= 0.3 is 35.7 Å². The van der Waals surface area contributed by atoms with E-state index in [2.05, 4.69) is 9.47 Å². The summed E-state index contributed by atoms with van der Waals surface area (Å²) in [5.74, 6) is -3.00. The normalized spacial score (nSPS) is 8.70.